The minimum atomic E-state index is -4.53. The highest BCUT2D eigenvalue weighted by molar-refractivity contribution is 7.57. The maximum Gasteiger partial charge on any atom is 0.371 e. The fourth-order valence-electron chi connectivity index (χ4n) is 1.16. The summed E-state index contributed by atoms with van der Waals surface area (Å²) in [7, 11) is -8.45. The summed E-state index contributed by atoms with van der Waals surface area (Å²) in [5.41, 5.74) is 0. The molecule has 1 unspecified atom stereocenters. The maximum atomic E-state index is 12.3. The van der Waals surface area contributed by atoms with Gasteiger partial charge in [0.15, 0.2) is 0 Å². The molecule has 18 heavy (non-hydrogen) atoms. The van der Waals surface area contributed by atoms with Crippen LogP contribution in [0.3, 0.4) is 0 Å². The van der Waals surface area contributed by atoms with Crippen molar-refractivity contribution in [2.75, 3.05) is 19.4 Å². The van der Waals surface area contributed by atoms with Gasteiger partial charge in [0.1, 0.15) is 0 Å². The highest BCUT2D eigenvalue weighted by atomic mass is 31.2. The molecule has 108 valence electrons. The first-order valence-electron chi connectivity index (χ1n) is 5.25. The lowest BCUT2D eigenvalue weighted by molar-refractivity contribution is -0.143. The van der Waals surface area contributed by atoms with E-state index in [2.05, 4.69) is 4.74 Å². The van der Waals surface area contributed by atoms with E-state index in [1.165, 1.54) is 13.8 Å². The molecule has 0 rings (SSSR count). The third-order valence-electron chi connectivity index (χ3n) is 1.67. The van der Waals surface area contributed by atoms with Gasteiger partial charge in [-0.3, -0.25) is 13.9 Å². The molecule has 0 fully saturated rings. The molecule has 0 saturated carbocycles. The SMILES string of the molecule is CCOP(=O)(OCC)C(CP(=O)(O)O)OC(C)=O. The maximum absolute atomic E-state index is 12.3. The molecule has 0 aromatic rings. The van der Waals surface area contributed by atoms with Gasteiger partial charge in [0.05, 0.1) is 19.4 Å². The molecule has 0 amide bonds. The molecule has 8 nitrogen and oxygen atoms in total. The minimum absolute atomic E-state index is 0.00377. The second kappa shape index (κ2) is 7.38. The lowest BCUT2D eigenvalue weighted by atomic mass is 10.7. The van der Waals surface area contributed by atoms with Crippen molar-refractivity contribution in [3.05, 3.63) is 0 Å². The number of hydrogen-bond acceptors (Lipinski definition) is 6. The fourth-order valence-corrected chi connectivity index (χ4v) is 4.48. The third-order valence-corrected chi connectivity index (χ3v) is 4.99. The van der Waals surface area contributed by atoms with Crippen molar-refractivity contribution in [2.24, 2.45) is 0 Å². The zero-order chi connectivity index (χ0) is 14.4. The van der Waals surface area contributed by atoms with Crippen LogP contribution in [0.15, 0.2) is 0 Å². The average Bonchev–Trinajstić information content (AvgIpc) is 2.14. The number of carbonyl (C=O) groups excluding carboxylic acids is 1. The first-order chi connectivity index (χ1) is 8.14. The number of rotatable bonds is 8. The van der Waals surface area contributed by atoms with Gasteiger partial charge in [0.2, 0.25) is 5.85 Å². The van der Waals surface area contributed by atoms with E-state index < -0.39 is 33.2 Å². The normalized spacial score (nSPS) is 14.3. The summed E-state index contributed by atoms with van der Waals surface area (Å²) >= 11 is 0. The first-order valence-corrected chi connectivity index (χ1v) is 8.66. The molecule has 0 aromatic heterocycles. The quantitative estimate of drug-likeness (QED) is 0.509. The van der Waals surface area contributed by atoms with Crippen molar-refractivity contribution in [3.8, 4) is 0 Å². The van der Waals surface area contributed by atoms with Crippen LogP contribution < -0.4 is 0 Å². The van der Waals surface area contributed by atoms with Crippen LogP contribution in [0, 0.1) is 0 Å². The van der Waals surface area contributed by atoms with Gasteiger partial charge in [-0.15, -0.1) is 0 Å². The summed E-state index contributed by atoms with van der Waals surface area (Å²) in [4.78, 5) is 28.7. The molecule has 10 heteroatoms. The third kappa shape index (κ3) is 6.64. The number of esters is 1. The van der Waals surface area contributed by atoms with Crippen LogP contribution >= 0.6 is 15.2 Å². The Balaban J connectivity index is 5.15. The van der Waals surface area contributed by atoms with Crippen molar-refractivity contribution in [1.82, 2.24) is 0 Å². The fraction of sp³-hybridized carbons (Fsp3) is 0.875. The summed E-state index contributed by atoms with van der Waals surface area (Å²) in [5.74, 6) is -2.44. The molecule has 0 heterocycles. The lowest BCUT2D eigenvalue weighted by Gasteiger charge is -2.25. The van der Waals surface area contributed by atoms with E-state index in [0.29, 0.717) is 0 Å². The molecule has 0 aliphatic rings. The van der Waals surface area contributed by atoms with Gasteiger partial charge >= 0.3 is 21.2 Å². The highest BCUT2D eigenvalue weighted by Gasteiger charge is 2.42. The molecule has 0 bridgehead atoms. The van der Waals surface area contributed by atoms with Crippen LogP contribution in [0.1, 0.15) is 20.8 Å². The van der Waals surface area contributed by atoms with Crippen molar-refractivity contribution in [3.63, 3.8) is 0 Å². The van der Waals surface area contributed by atoms with Crippen LogP contribution in [0.25, 0.3) is 0 Å². The molecule has 0 spiro atoms. The van der Waals surface area contributed by atoms with Crippen molar-refractivity contribution in [1.29, 1.82) is 0 Å². The summed E-state index contributed by atoms with van der Waals surface area (Å²) < 4.78 is 37.6. The molecule has 0 radical (unpaired) electrons. The van der Waals surface area contributed by atoms with E-state index in [0.717, 1.165) is 6.92 Å². The van der Waals surface area contributed by atoms with E-state index in [1.54, 1.807) is 0 Å². The van der Waals surface area contributed by atoms with Gasteiger partial charge in [-0.05, 0) is 13.8 Å². The summed E-state index contributed by atoms with van der Waals surface area (Å²) in [6.45, 7) is 4.10. The second-order valence-corrected chi connectivity index (χ2v) is 7.15. The molecular weight excluding hydrogens is 286 g/mol. The number of hydrogen-bond donors (Lipinski definition) is 2. The van der Waals surface area contributed by atoms with Gasteiger partial charge in [-0.25, -0.2) is 0 Å². The Kier molecular flexibility index (Phi) is 7.29. The van der Waals surface area contributed by atoms with E-state index in [-0.39, 0.29) is 13.2 Å². The van der Waals surface area contributed by atoms with Crippen LogP contribution in [-0.4, -0.2) is 41.0 Å². The molecule has 0 saturated heterocycles. The molecule has 0 aromatic carbocycles. The molecule has 1 atom stereocenters. The zero-order valence-electron chi connectivity index (χ0n) is 10.4. The molecular formula is C8H18O8P2. The van der Waals surface area contributed by atoms with Crippen LogP contribution in [0.5, 0.6) is 0 Å². The van der Waals surface area contributed by atoms with Crippen LogP contribution in [0.2, 0.25) is 0 Å². The van der Waals surface area contributed by atoms with E-state index in [9.17, 15) is 13.9 Å². The van der Waals surface area contributed by atoms with Crippen molar-refractivity contribution >= 4 is 21.2 Å². The summed E-state index contributed by atoms with van der Waals surface area (Å²) in [6.07, 6.45) is -0.913. The Morgan fingerprint density at radius 3 is 1.89 bits per heavy atom. The lowest BCUT2D eigenvalue weighted by Crippen LogP contribution is -2.23. The van der Waals surface area contributed by atoms with Crippen LogP contribution in [0.4, 0.5) is 0 Å². The first kappa shape index (κ1) is 17.8. The van der Waals surface area contributed by atoms with Gasteiger partial charge < -0.3 is 23.6 Å². The Bertz CT molecular complexity index is 352. The summed E-state index contributed by atoms with van der Waals surface area (Å²) in [6, 6.07) is 0. The molecule has 2 N–H and O–H groups in total. The second-order valence-electron chi connectivity index (χ2n) is 3.29. The zero-order valence-corrected chi connectivity index (χ0v) is 12.2. The van der Waals surface area contributed by atoms with Gasteiger partial charge in [-0.2, -0.15) is 0 Å². The topological polar surface area (TPSA) is 119 Å². The Hall–Kier alpha value is -0.230. The predicted molar refractivity (Wildman–Crippen MR) is 63.3 cm³/mol. The van der Waals surface area contributed by atoms with E-state index >= 15 is 0 Å². The predicted octanol–water partition coefficient (Wildman–Crippen LogP) is 1.32. The Morgan fingerprint density at radius 2 is 1.61 bits per heavy atom. The number of carbonyl (C=O) groups is 1. The number of ether oxygens (including phenoxy) is 1. The van der Waals surface area contributed by atoms with Crippen molar-refractivity contribution < 1.29 is 37.5 Å². The largest absolute Gasteiger partial charge is 0.449 e. The smallest absolute Gasteiger partial charge is 0.371 e. The van der Waals surface area contributed by atoms with Crippen LogP contribution in [-0.2, 0) is 27.7 Å². The molecule has 0 aliphatic heterocycles. The van der Waals surface area contributed by atoms with Gasteiger partial charge in [0.25, 0.3) is 0 Å². The van der Waals surface area contributed by atoms with Gasteiger partial charge in [-0.1, -0.05) is 0 Å². The van der Waals surface area contributed by atoms with E-state index in [1.807, 2.05) is 0 Å². The summed E-state index contributed by atoms with van der Waals surface area (Å²) in [5, 5.41) is 0. The van der Waals surface area contributed by atoms with Crippen molar-refractivity contribution in [2.45, 2.75) is 26.6 Å². The Morgan fingerprint density at radius 1 is 1.17 bits per heavy atom. The Labute approximate surface area is 105 Å². The highest BCUT2D eigenvalue weighted by Crippen LogP contribution is 2.57. The standard InChI is InChI=1S/C8H18O8P2/c1-4-14-18(13,15-5-2)8(16-7(3)9)6-17(10,11)12/h8H,4-6H2,1-3H3,(H2,10,11,12). The average molecular weight is 304 g/mol. The van der Waals surface area contributed by atoms with Gasteiger partial charge in [0, 0.05) is 6.92 Å². The monoisotopic (exact) mass is 304 g/mol. The minimum Gasteiger partial charge on any atom is -0.449 e. The van der Waals surface area contributed by atoms with E-state index in [4.69, 9.17) is 18.8 Å². The molecule has 0 aliphatic carbocycles.